The van der Waals surface area contributed by atoms with E-state index in [0.29, 0.717) is 31.0 Å². The van der Waals surface area contributed by atoms with Crippen LogP contribution in [0.2, 0.25) is 0 Å². The number of aryl methyl sites for hydroxylation is 1. The zero-order valence-corrected chi connectivity index (χ0v) is 21.1. The van der Waals surface area contributed by atoms with E-state index in [1.54, 1.807) is 12.1 Å². The van der Waals surface area contributed by atoms with Gasteiger partial charge < -0.3 is 14.4 Å². The Labute approximate surface area is 211 Å². The molecule has 2 heterocycles. The molecule has 0 bridgehead atoms. The van der Waals surface area contributed by atoms with Gasteiger partial charge in [-0.05, 0) is 69.0 Å². The zero-order chi connectivity index (χ0) is 25.8. The summed E-state index contributed by atoms with van der Waals surface area (Å²) in [7, 11) is -4.08. The Balaban J connectivity index is 1.39. The number of amides is 2. The number of piperidine rings is 1. The molecule has 2 N–H and O–H groups in total. The van der Waals surface area contributed by atoms with E-state index < -0.39 is 20.5 Å². The minimum Gasteiger partial charge on any atom is -0.493 e. The van der Waals surface area contributed by atoms with Gasteiger partial charge in [0.05, 0.1) is 11.5 Å². The van der Waals surface area contributed by atoms with Crippen molar-refractivity contribution in [3.63, 3.8) is 0 Å². The number of likely N-dealkylation sites (tertiary alicyclic amines) is 1. The van der Waals surface area contributed by atoms with Gasteiger partial charge in [0.1, 0.15) is 5.75 Å². The highest BCUT2D eigenvalue weighted by molar-refractivity contribution is 7.93. The van der Waals surface area contributed by atoms with Crippen molar-refractivity contribution >= 4 is 21.7 Å². The molecule has 9 nitrogen and oxygen atoms in total. The van der Waals surface area contributed by atoms with E-state index >= 15 is 0 Å². The van der Waals surface area contributed by atoms with Gasteiger partial charge in [-0.1, -0.05) is 17.7 Å². The van der Waals surface area contributed by atoms with Gasteiger partial charge in [0.2, 0.25) is 0 Å². The summed E-state index contributed by atoms with van der Waals surface area (Å²) < 4.78 is 36.1. The molecular formula is C26H32N2O7S. The number of benzene rings is 2. The first-order chi connectivity index (χ1) is 17.3. The third-order valence-corrected chi connectivity index (χ3v) is 9.57. The number of nitrogens with one attached hydrogen (secondary N) is 1. The molecule has 4 rings (SSSR count). The van der Waals surface area contributed by atoms with E-state index in [9.17, 15) is 23.2 Å². The molecule has 2 saturated heterocycles. The number of carbonyl (C=O) groups is 2. The van der Waals surface area contributed by atoms with Gasteiger partial charge in [-0.15, -0.1) is 0 Å². The summed E-state index contributed by atoms with van der Waals surface area (Å²) in [6, 6.07) is 13.5. The second kappa shape index (κ2) is 11.0. The predicted molar refractivity (Wildman–Crippen MR) is 132 cm³/mol. The van der Waals surface area contributed by atoms with Crippen LogP contribution < -0.4 is 10.2 Å². The standard InChI is InChI=1S/C26H32N2O7S/c1-19-4-6-21(7-5-19)24(29)28-14-2-3-20(17-28)18-35-22-8-10-23(11-9-22)36(32,33)26(25(30)27-31)12-15-34-16-13-26/h4-11,20,31H,2-3,12-18H2,1H3,(H,27,30). The topological polar surface area (TPSA) is 122 Å². The summed E-state index contributed by atoms with van der Waals surface area (Å²) in [5.74, 6) is -0.268. The van der Waals surface area contributed by atoms with Crippen molar-refractivity contribution in [1.29, 1.82) is 0 Å². The molecule has 2 aliphatic rings. The molecule has 2 aliphatic heterocycles. The quantitative estimate of drug-likeness (QED) is 0.429. The lowest BCUT2D eigenvalue weighted by atomic mass is 9.98. The second-order valence-corrected chi connectivity index (χ2v) is 11.7. The maximum atomic E-state index is 13.4. The molecular weight excluding hydrogens is 484 g/mol. The molecule has 2 fully saturated rings. The lowest BCUT2D eigenvalue weighted by Gasteiger charge is -2.34. The van der Waals surface area contributed by atoms with Crippen LogP contribution >= 0.6 is 0 Å². The minimum absolute atomic E-state index is 0.0169. The highest BCUT2D eigenvalue weighted by Crippen LogP contribution is 2.36. The number of carbonyl (C=O) groups excluding carboxylic acids is 2. The molecule has 0 spiro atoms. The summed E-state index contributed by atoms with van der Waals surface area (Å²) in [4.78, 5) is 27.1. The average Bonchev–Trinajstić information content (AvgIpc) is 2.92. The van der Waals surface area contributed by atoms with Crippen molar-refractivity contribution in [2.24, 2.45) is 5.92 Å². The summed E-state index contributed by atoms with van der Waals surface area (Å²) >= 11 is 0. The maximum absolute atomic E-state index is 13.4. The second-order valence-electron chi connectivity index (χ2n) is 9.46. The Morgan fingerprint density at radius 3 is 2.42 bits per heavy atom. The maximum Gasteiger partial charge on any atom is 0.265 e. The Hall–Kier alpha value is -2.95. The highest BCUT2D eigenvalue weighted by Gasteiger charge is 2.52. The Bertz CT molecular complexity index is 1170. The van der Waals surface area contributed by atoms with Gasteiger partial charge in [0, 0.05) is 37.8 Å². The fraction of sp³-hybridized carbons (Fsp3) is 0.462. The van der Waals surface area contributed by atoms with E-state index in [2.05, 4.69) is 0 Å². The summed E-state index contributed by atoms with van der Waals surface area (Å²) in [5.41, 5.74) is 3.30. The van der Waals surface area contributed by atoms with Crippen LogP contribution in [0, 0.1) is 12.8 Å². The van der Waals surface area contributed by atoms with Crippen molar-refractivity contribution in [3.8, 4) is 5.75 Å². The van der Waals surface area contributed by atoms with Gasteiger partial charge in [-0.3, -0.25) is 14.8 Å². The number of hydroxylamine groups is 1. The largest absolute Gasteiger partial charge is 0.493 e. The van der Waals surface area contributed by atoms with Crippen LogP contribution in [0.1, 0.15) is 41.6 Å². The van der Waals surface area contributed by atoms with E-state index in [4.69, 9.17) is 9.47 Å². The fourth-order valence-corrected chi connectivity index (χ4v) is 6.78. The summed E-state index contributed by atoms with van der Waals surface area (Å²) in [6.45, 7) is 3.92. The number of rotatable bonds is 7. The first-order valence-corrected chi connectivity index (χ1v) is 13.6. The summed E-state index contributed by atoms with van der Waals surface area (Å²) in [5, 5.41) is 9.18. The molecule has 0 aliphatic carbocycles. The van der Waals surface area contributed by atoms with Crippen LogP contribution in [0.5, 0.6) is 5.75 Å². The molecule has 0 saturated carbocycles. The fourth-order valence-electron chi connectivity index (χ4n) is 4.84. The highest BCUT2D eigenvalue weighted by atomic mass is 32.2. The number of nitrogens with zero attached hydrogens (tertiary/aromatic N) is 1. The molecule has 2 aromatic rings. The monoisotopic (exact) mass is 516 g/mol. The van der Waals surface area contributed by atoms with Crippen LogP contribution in [-0.2, 0) is 19.4 Å². The SMILES string of the molecule is Cc1ccc(C(=O)N2CCCC(COc3ccc(S(=O)(=O)C4(C(=O)NO)CCOCC4)cc3)C2)cc1. The van der Waals surface area contributed by atoms with Crippen molar-refractivity contribution in [3.05, 3.63) is 59.7 Å². The Morgan fingerprint density at radius 1 is 1.11 bits per heavy atom. The number of sulfone groups is 1. The zero-order valence-electron chi connectivity index (χ0n) is 20.3. The lowest BCUT2D eigenvalue weighted by Crippen LogP contribution is -2.54. The molecule has 1 unspecified atom stereocenters. The van der Waals surface area contributed by atoms with Crippen molar-refractivity contribution in [2.45, 2.75) is 42.2 Å². The first kappa shape index (κ1) is 26.1. The minimum atomic E-state index is -4.08. The third kappa shape index (κ3) is 5.25. The van der Waals surface area contributed by atoms with Gasteiger partial charge in [-0.25, -0.2) is 13.9 Å². The lowest BCUT2D eigenvalue weighted by molar-refractivity contribution is -0.134. The van der Waals surface area contributed by atoms with Crippen LogP contribution in [-0.4, -0.2) is 68.0 Å². The molecule has 36 heavy (non-hydrogen) atoms. The molecule has 1 atom stereocenters. The van der Waals surface area contributed by atoms with E-state index in [1.165, 1.54) is 17.6 Å². The number of hydrogen-bond acceptors (Lipinski definition) is 7. The molecule has 2 amide bonds. The molecule has 10 heteroatoms. The number of hydrogen-bond donors (Lipinski definition) is 2. The van der Waals surface area contributed by atoms with Gasteiger partial charge in [0.25, 0.3) is 11.8 Å². The summed E-state index contributed by atoms with van der Waals surface area (Å²) in [6.07, 6.45) is 1.74. The van der Waals surface area contributed by atoms with Crippen LogP contribution in [0.15, 0.2) is 53.4 Å². The molecule has 0 radical (unpaired) electrons. The van der Waals surface area contributed by atoms with Crippen molar-refractivity contribution in [1.82, 2.24) is 10.4 Å². The van der Waals surface area contributed by atoms with Crippen LogP contribution in [0.3, 0.4) is 0 Å². The number of ether oxygens (including phenoxy) is 2. The van der Waals surface area contributed by atoms with Crippen LogP contribution in [0.4, 0.5) is 0 Å². The normalized spacial score (nSPS) is 19.9. The smallest absolute Gasteiger partial charge is 0.265 e. The van der Waals surface area contributed by atoms with Crippen LogP contribution in [0.25, 0.3) is 0 Å². The van der Waals surface area contributed by atoms with Gasteiger partial charge >= 0.3 is 0 Å². The van der Waals surface area contributed by atoms with Crippen molar-refractivity contribution in [2.75, 3.05) is 32.9 Å². The third-order valence-electron chi connectivity index (χ3n) is 7.05. The van der Waals surface area contributed by atoms with Gasteiger partial charge in [-0.2, -0.15) is 0 Å². The Kier molecular flexibility index (Phi) is 7.97. The van der Waals surface area contributed by atoms with E-state index in [1.807, 2.05) is 36.1 Å². The van der Waals surface area contributed by atoms with Crippen molar-refractivity contribution < 1.29 is 32.7 Å². The molecule has 0 aromatic heterocycles. The van der Waals surface area contributed by atoms with E-state index in [0.717, 1.165) is 18.4 Å². The average molecular weight is 517 g/mol. The first-order valence-electron chi connectivity index (χ1n) is 12.1. The van der Waals surface area contributed by atoms with E-state index in [-0.39, 0.29) is 42.8 Å². The molecule has 194 valence electrons. The Morgan fingerprint density at radius 2 is 1.78 bits per heavy atom. The predicted octanol–water partition coefficient (Wildman–Crippen LogP) is 2.75. The van der Waals surface area contributed by atoms with Gasteiger partial charge in [0.15, 0.2) is 14.6 Å². The molecule has 2 aromatic carbocycles.